The van der Waals surface area contributed by atoms with Crippen LogP contribution in [0, 0.1) is 17.3 Å². The third kappa shape index (κ3) is 6.06. The SMILES string of the molecule is CC(C)(C)C(CCN)CCC(=O)OCC1CC1. The van der Waals surface area contributed by atoms with Crippen LogP contribution in [0.15, 0.2) is 0 Å². The van der Waals surface area contributed by atoms with Gasteiger partial charge in [-0.15, -0.1) is 0 Å². The average Bonchev–Trinajstić information content (AvgIpc) is 3.03. The minimum Gasteiger partial charge on any atom is -0.465 e. The zero-order chi connectivity index (χ0) is 12.9. The molecule has 0 bridgehead atoms. The second-order valence-corrected chi connectivity index (χ2v) is 6.31. The summed E-state index contributed by atoms with van der Waals surface area (Å²) in [6, 6.07) is 0. The van der Waals surface area contributed by atoms with Crippen molar-refractivity contribution in [2.24, 2.45) is 23.0 Å². The van der Waals surface area contributed by atoms with Crippen LogP contribution in [0.4, 0.5) is 0 Å². The molecule has 3 heteroatoms. The topological polar surface area (TPSA) is 52.3 Å². The number of carbonyl (C=O) groups excluding carboxylic acids is 1. The Morgan fingerprint density at radius 1 is 1.35 bits per heavy atom. The van der Waals surface area contributed by atoms with Gasteiger partial charge < -0.3 is 10.5 Å². The van der Waals surface area contributed by atoms with E-state index < -0.39 is 0 Å². The van der Waals surface area contributed by atoms with Gasteiger partial charge in [-0.1, -0.05) is 20.8 Å². The van der Waals surface area contributed by atoms with Crippen LogP contribution in [0.5, 0.6) is 0 Å². The van der Waals surface area contributed by atoms with Crippen molar-refractivity contribution in [2.45, 2.75) is 52.9 Å². The summed E-state index contributed by atoms with van der Waals surface area (Å²) < 4.78 is 5.24. The molecule has 0 aromatic heterocycles. The van der Waals surface area contributed by atoms with Gasteiger partial charge in [-0.2, -0.15) is 0 Å². The van der Waals surface area contributed by atoms with Gasteiger partial charge >= 0.3 is 5.97 Å². The van der Waals surface area contributed by atoms with Gasteiger partial charge in [-0.05, 0) is 49.5 Å². The zero-order valence-corrected chi connectivity index (χ0v) is 11.5. The first kappa shape index (κ1) is 14.5. The Balaban J connectivity index is 2.22. The Kier molecular flexibility index (Phi) is 5.44. The summed E-state index contributed by atoms with van der Waals surface area (Å²) >= 11 is 0. The minimum atomic E-state index is -0.0387. The summed E-state index contributed by atoms with van der Waals surface area (Å²) in [4.78, 5) is 11.6. The van der Waals surface area contributed by atoms with Gasteiger partial charge in [0.25, 0.3) is 0 Å². The van der Waals surface area contributed by atoms with Crippen molar-refractivity contribution >= 4 is 5.97 Å². The highest BCUT2D eigenvalue weighted by molar-refractivity contribution is 5.69. The number of hydrogen-bond acceptors (Lipinski definition) is 3. The average molecular weight is 241 g/mol. The third-order valence-electron chi connectivity index (χ3n) is 3.61. The van der Waals surface area contributed by atoms with Gasteiger partial charge in [-0.25, -0.2) is 0 Å². The lowest BCUT2D eigenvalue weighted by atomic mass is 9.76. The number of nitrogens with two attached hydrogens (primary N) is 1. The summed E-state index contributed by atoms with van der Waals surface area (Å²) in [6.07, 6.45) is 4.87. The molecule has 17 heavy (non-hydrogen) atoms. The van der Waals surface area contributed by atoms with Gasteiger partial charge in [0.1, 0.15) is 0 Å². The summed E-state index contributed by atoms with van der Waals surface area (Å²) in [6.45, 7) is 7.96. The largest absolute Gasteiger partial charge is 0.465 e. The Morgan fingerprint density at radius 3 is 2.47 bits per heavy atom. The molecule has 0 amide bonds. The van der Waals surface area contributed by atoms with Crippen LogP contribution >= 0.6 is 0 Å². The molecule has 0 spiro atoms. The minimum absolute atomic E-state index is 0.0387. The molecular formula is C14H27NO2. The van der Waals surface area contributed by atoms with Crippen molar-refractivity contribution in [3.63, 3.8) is 0 Å². The van der Waals surface area contributed by atoms with Gasteiger partial charge in [0.15, 0.2) is 0 Å². The van der Waals surface area contributed by atoms with Gasteiger partial charge in [0.2, 0.25) is 0 Å². The molecule has 3 nitrogen and oxygen atoms in total. The number of rotatable bonds is 7. The van der Waals surface area contributed by atoms with E-state index in [2.05, 4.69) is 20.8 Å². The molecule has 1 atom stereocenters. The van der Waals surface area contributed by atoms with Crippen molar-refractivity contribution in [3.05, 3.63) is 0 Å². The Hall–Kier alpha value is -0.570. The maximum Gasteiger partial charge on any atom is 0.305 e. The highest BCUT2D eigenvalue weighted by Crippen LogP contribution is 2.32. The standard InChI is InChI=1S/C14H27NO2/c1-14(2,3)12(8-9-15)6-7-13(16)17-10-11-4-5-11/h11-12H,4-10,15H2,1-3H3. The van der Waals surface area contributed by atoms with Crippen LogP contribution in [0.2, 0.25) is 0 Å². The van der Waals surface area contributed by atoms with E-state index in [0.717, 1.165) is 12.8 Å². The molecule has 1 rings (SSSR count). The Bertz CT molecular complexity index is 241. The molecule has 1 aliphatic carbocycles. The lowest BCUT2D eigenvalue weighted by molar-refractivity contribution is -0.144. The molecule has 1 fully saturated rings. The molecule has 100 valence electrons. The number of carbonyl (C=O) groups is 1. The summed E-state index contributed by atoms with van der Waals surface area (Å²) in [7, 11) is 0. The van der Waals surface area contributed by atoms with E-state index in [1.807, 2.05) is 0 Å². The van der Waals surface area contributed by atoms with Gasteiger partial charge in [0.05, 0.1) is 6.61 Å². The highest BCUT2D eigenvalue weighted by Gasteiger charge is 2.26. The molecule has 1 aliphatic rings. The molecule has 1 unspecified atom stereocenters. The van der Waals surface area contributed by atoms with Crippen LogP contribution < -0.4 is 5.73 Å². The monoisotopic (exact) mass is 241 g/mol. The van der Waals surface area contributed by atoms with E-state index in [0.29, 0.717) is 31.4 Å². The van der Waals surface area contributed by atoms with Crippen LogP contribution in [0.3, 0.4) is 0 Å². The van der Waals surface area contributed by atoms with E-state index in [1.54, 1.807) is 0 Å². The lowest BCUT2D eigenvalue weighted by Crippen LogP contribution is -2.24. The fraction of sp³-hybridized carbons (Fsp3) is 0.929. The maximum absolute atomic E-state index is 11.6. The van der Waals surface area contributed by atoms with Crippen molar-refractivity contribution < 1.29 is 9.53 Å². The first-order valence-corrected chi connectivity index (χ1v) is 6.79. The maximum atomic E-state index is 11.6. The zero-order valence-electron chi connectivity index (χ0n) is 11.5. The highest BCUT2D eigenvalue weighted by atomic mass is 16.5. The Labute approximate surface area is 105 Å². The first-order valence-electron chi connectivity index (χ1n) is 6.79. The molecule has 0 saturated heterocycles. The number of esters is 1. The van der Waals surface area contributed by atoms with Crippen LogP contribution in [-0.2, 0) is 9.53 Å². The number of hydrogen-bond donors (Lipinski definition) is 1. The van der Waals surface area contributed by atoms with E-state index >= 15 is 0 Å². The molecule has 2 N–H and O–H groups in total. The summed E-state index contributed by atoms with van der Waals surface area (Å²) in [5.74, 6) is 1.12. The quantitative estimate of drug-likeness (QED) is 0.697. The second-order valence-electron chi connectivity index (χ2n) is 6.31. The predicted octanol–water partition coefficient (Wildman–Crippen LogP) is 2.73. The molecule has 0 aromatic carbocycles. The van der Waals surface area contributed by atoms with E-state index in [9.17, 15) is 4.79 Å². The Morgan fingerprint density at radius 2 is 2.00 bits per heavy atom. The lowest BCUT2D eigenvalue weighted by Gasteiger charge is -2.30. The van der Waals surface area contributed by atoms with E-state index in [1.165, 1.54) is 12.8 Å². The van der Waals surface area contributed by atoms with Gasteiger partial charge in [0, 0.05) is 6.42 Å². The van der Waals surface area contributed by atoms with Crippen LogP contribution in [0.25, 0.3) is 0 Å². The smallest absolute Gasteiger partial charge is 0.305 e. The molecule has 0 heterocycles. The molecule has 0 radical (unpaired) electrons. The molecule has 1 saturated carbocycles. The summed E-state index contributed by atoms with van der Waals surface area (Å²) in [5.41, 5.74) is 5.84. The van der Waals surface area contributed by atoms with Crippen molar-refractivity contribution in [1.29, 1.82) is 0 Å². The first-order chi connectivity index (χ1) is 7.93. The molecule has 0 aromatic rings. The second kappa shape index (κ2) is 6.39. The molecule has 0 aliphatic heterocycles. The normalized spacial score (nSPS) is 17.9. The van der Waals surface area contributed by atoms with E-state index in [-0.39, 0.29) is 11.4 Å². The van der Waals surface area contributed by atoms with Crippen molar-refractivity contribution in [3.8, 4) is 0 Å². The molecular weight excluding hydrogens is 214 g/mol. The third-order valence-corrected chi connectivity index (χ3v) is 3.61. The van der Waals surface area contributed by atoms with Crippen molar-refractivity contribution in [2.75, 3.05) is 13.2 Å². The van der Waals surface area contributed by atoms with Gasteiger partial charge in [-0.3, -0.25) is 4.79 Å². The fourth-order valence-corrected chi connectivity index (χ4v) is 2.07. The van der Waals surface area contributed by atoms with Crippen LogP contribution in [0.1, 0.15) is 52.9 Å². The van der Waals surface area contributed by atoms with Crippen molar-refractivity contribution in [1.82, 2.24) is 0 Å². The van der Waals surface area contributed by atoms with Crippen LogP contribution in [-0.4, -0.2) is 19.1 Å². The predicted molar refractivity (Wildman–Crippen MR) is 69.5 cm³/mol. The fourth-order valence-electron chi connectivity index (χ4n) is 2.07. The van der Waals surface area contributed by atoms with E-state index in [4.69, 9.17) is 10.5 Å². The summed E-state index contributed by atoms with van der Waals surface area (Å²) in [5, 5.41) is 0. The number of ether oxygens (including phenoxy) is 1.